The van der Waals surface area contributed by atoms with Gasteiger partial charge in [0.2, 0.25) is 0 Å². The summed E-state index contributed by atoms with van der Waals surface area (Å²) in [4.78, 5) is 11.3. The molecule has 0 fully saturated rings. The summed E-state index contributed by atoms with van der Waals surface area (Å²) in [5.74, 6) is -1.21. The van der Waals surface area contributed by atoms with E-state index in [1.807, 2.05) is 13.0 Å². The number of rotatable bonds is 6. The predicted molar refractivity (Wildman–Crippen MR) is 89.4 cm³/mol. The summed E-state index contributed by atoms with van der Waals surface area (Å²) < 4.78 is 27.2. The summed E-state index contributed by atoms with van der Waals surface area (Å²) in [5.41, 5.74) is 0.907. The molecule has 0 bridgehead atoms. The lowest BCUT2D eigenvalue weighted by molar-refractivity contribution is 0.0698. The van der Waals surface area contributed by atoms with Crippen molar-refractivity contribution >= 4 is 21.7 Å². The Morgan fingerprint density at radius 3 is 2.62 bits per heavy atom. The molecular weight excluding hydrogens is 328 g/mol. The second kappa shape index (κ2) is 7.15. The van der Waals surface area contributed by atoms with Crippen LogP contribution in [-0.2, 0) is 16.4 Å². The van der Waals surface area contributed by atoms with Crippen LogP contribution in [0.1, 0.15) is 34.8 Å². The van der Waals surface area contributed by atoms with Gasteiger partial charge in [-0.3, -0.25) is 4.72 Å². The van der Waals surface area contributed by atoms with E-state index in [4.69, 9.17) is 5.26 Å². The van der Waals surface area contributed by atoms with Gasteiger partial charge in [-0.2, -0.15) is 5.26 Å². The number of aromatic carboxylic acids is 1. The molecule has 0 amide bonds. The van der Waals surface area contributed by atoms with Gasteiger partial charge in [0.15, 0.2) is 0 Å². The molecule has 2 rings (SSSR count). The molecule has 7 heteroatoms. The van der Waals surface area contributed by atoms with Crippen LogP contribution in [0, 0.1) is 11.3 Å². The highest BCUT2D eigenvalue weighted by atomic mass is 32.2. The van der Waals surface area contributed by atoms with E-state index in [2.05, 4.69) is 4.72 Å². The number of carboxylic acid groups (broad SMARTS) is 1. The van der Waals surface area contributed by atoms with E-state index < -0.39 is 16.0 Å². The standard InChI is InChI=1S/C17H16N2O4S/c1-2-4-12-7-8-16(15(10-12)17(20)21)19-24(22,23)14-6-3-5-13(9-14)11-18/h3,5-10,19H,2,4H2,1H3,(H,20,21). The van der Waals surface area contributed by atoms with E-state index in [0.29, 0.717) is 6.42 Å². The van der Waals surface area contributed by atoms with Gasteiger partial charge in [0.05, 0.1) is 27.8 Å². The molecule has 0 saturated carbocycles. The minimum atomic E-state index is -3.99. The van der Waals surface area contributed by atoms with Crippen LogP contribution in [-0.4, -0.2) is 19.5 Å². The molecule has 0 unspecified atom stereocenters. The minimum absolute atomic E-state index is 0.00952. The largest absolute Gasteiger partial charge is 0.478 e. The van der Waals surface area contributed by atoms with E-state index in [9.17, 15) is 18.3 Å². The maximum Gasteiger partial charge on any atom is 0.337 e. The zero-order chi connectivity index (χ0) is 17.7. The lowest BCUT2D eigenvalue weighted by atomic mass is 10.1. The fraction of sp³-hybridized carbons (Fsp3) is 0.176. The number of nitriles is 1. The molecule has 0 heterocycles. The smallest absolute Gasteiger partial charge is 0.337 e. The van der Waals surface area contributed by atoms with E-state index in [0.717, 1.165) is 12.0 Å². The number of benzene rings is 2. The molecule has 0 aliphatic rings. The highest BCUT2D eigenvalue weighted by molar-refractivity contribution is 7.92. The van der Waals surface area contributed by atoms with Crippen LogP contribution in [0.25, 0.3) is 0 Å². The number of nitrogens with zero attached hydrogens (tertiary/aromatic N) is 1. The molecule has 0 radical (unpaired) electrons. The van der Waals surface area contributed by atoms with Crippen LogP contribution in [0.5, 0.6) is 0 Å². The van der Waals surface area contributed by atoms with Gasteiger partial charge in [0.25, 0.3) is 10.0 Å². The molecule has 2 aromatic carbocycles. The van der Waals surface area contributed by atoms with Crippen LogP contribution in [0.2, 0.25) is 0 Å². The second-order valence-electron chi connectivity index (χ2n) is 5.18. The SMILES string of the molecule is CCCc1ccc(NS(=O)(=O)c2cccc(C#N)c2)c(C(=O)O)c1. The van der Waals surface area contributed by atoms with Crippen molar-refractivity contribution in [2.75, 3.05) is 4.72 Å². The van der Waals surface area contributed by atoms with Crippen molar-refractivity contribution in [1.29, 1.82) is 5.26 Å². The number of hydrogen-bond acceptors (Lipinski definition) is 4. The van der Waals surface area contributed by atoms with Gasteiger partial charge >= 0.3 is 5.97 Å². The number of carbonyl (C=O) groups is 1. The molecule has 24 heavy (non-hydrogen) atoms. The highest BCUT2D eigenvalue weighted by Crippen LogP contribution is 2.23. The molecule has 0 aromatic heterocycles. The molecule has 0 atom stereocenters. The van der Waals surface area contributed by atoms with Gasteiger partial charge in [-0.15, -0.1) is 0 Å². The number of hydrogen-bond donors (Lipinski definition) is 2. The summed E-state index contributed by atoms with van der Waals surface area (Å²) in [5, 5.41) is 18.2. The van der Waals surface area contributed by atoms with Crippen molar-refractivity contribution in [1.82, 2.24) is 0 Å². The Morgan fingerprint density at radius 2 is 2.00 bits per heavy atom. The number of anilines is 1. The number of aryl methyl sites for hydroxylation is 1. The monoisotopic (exact) mass is 344 g/mol. The lowest BCUT2D eigenvalue weighted by Gasteiger charge is -2.12. The summed E-state index contributed by atoms with van der Waals surface area (Å²) in [6, 6.07) is 12.0. The van der Waals surface area contributed by atoms with Crippen molar-refractivity contribution < 1.29 is 18.3 Å². The first kappa shape index (κ1) is 17.5. The summed E-state index contributed by atoms with van der Waals surface area (Å²) in [7, 11) is -3.99. The molecule has 0 aliphatic carbocycles. The fourth-order valence-electron chi connectivity index (χ4n) is 2.24. The predicted octanol–water partition coefficient (Wildman–Crippen LogP) is 3.01. The zero-order valence-corrected chi connectivity index (χ0v) is 13.8. The quantitative estimate of drug-likeness (QED) is 0.837. The van der Waals surface area contributed by atoms with E-state index in [1.54, 1.807) is 6.07 Å². The molecule has 0 spiro atoms. The molecule has 6 nitrogen and oxygen atoms in total. The Bertz CT molecular complexity index is 914. The first-order valence-corrected chi connectivity index (χ1v) is 8.75. The Balaban J connectivity index is 2.42. The van der Waals surface area contributed by atoms with Gasteiger partial charge < -0.3 is 5.11 Å². The highest BCUT2D eigenvalue weighted by Gasteiger charge is 2.19. The average molecular weight is 344 g/mol. The Kier molecular flexibility index (Phi) is 5.21. The Hall–Kier alpha value is -2.85. The van der Waals surface area contributed by atoms with Crippen molar-refractivity contribution in [3.05, 3.63) is 59.2 Å². The molecule has 2 N–H and O–H groups in total. The lowest BCUT2D eigenvalue weighted by Crippen LogP contribution is -2.16. The molecular formula is C17H16N2O4S. The van der Waals surface area contributed by atoms with Gasteiger partial charge in [-0.05, 0) is 42.3 Å². The van der Waals surface area contributed by atoms with E-state index >= 15 is 0 Å². The van der Waals surface area contributed by atoms with E-state index in [1.165, 1.54) is 36.4 Å². The topological polar surface area (TPSA) is 107 Å². The number of nitrogens with one attached hydrogen (secondary N) is 1. The Labute approximate surface area is 140 Å². The second-order valence-corrected chi connectivity index (χ2v) is 6.86. The van der Waals surface area contributed by atoms with Crippen LogP contribution >= 0.6 is 0 Å². The molecule has 2 aromatic rings. The third-order valence-electron chi connectivity index (χ3n) is 3.37. The van der Waals surface area contributed by atoms with Crippen LogP contribution in [0.15, 0.2) is 47.4 Å². The van der Waals surface area contributed by atoms with Crippen molar-refractivity contribution in [2.24, 2.45) is 0 Å². The average Bonchev–Trinajstić information content (AvgIpc) is 2.56. The van der Waals surface area contributed by atoms with Gasteiger partial charge in [0.1, 0.15) is 0 Å². The normalized spacial score (nSPS) is 10.8. The minimum Gasteiger partial charge on any atom is -0.478 e. The van der Waals surface area contributed by atoms with Crippen LogP contribution in [0.3, 0.4) is 0 Å². The van der Waals surface area contributed by atoms with Gasteiger partial charge in [0, 0.05) is 0 Å². The maximum absolute atomic E-state index is 12.4. The molecule has 0 aliphatic heterocycles. The first-order valence-electron chi connectivity index (χ1n) is 7.26. The van der Waals surface area contributed by atoms with Gasteiger partial charge in [-0.25, -0.2) is 13.2 Å². The maximum atomic E-state index is 12.4. The van der Waals surface area contributed by atoms with Crippen LogP contribution < -0.4 is 4.72 Å². The van der Waals surface area contributed by atoms with Crippen molar-refractivity contribution in [2.45, 2.75) is 24.7 Å². The van der Waals surface area contributed by atoms with Crippen LogP contribution in [0.4, 0.5) is 5.69 Å². The summed E-state index contributed by atoms with van der Waals surface area (Å²) >= 11 is 0. The molecule has 124 valence electrons. The van der Waals surface area contributed by atoms with E-state index in [-0.39, 0.29) is 21.7 Å². The van der Waals surface area contributed by atoms with Crippen molar-refractivity contribution in [3.63, 3.8) is 0 Å². The zero-order valence-electron chi connectivity index (χ0n) is 13.0. The summed E-state index contributed by atoms with van der Waals surface area (Å²) in [6.45, 7) is 1.97. The third kappa shape index (κ3) is 3.91. The Morgan fingerprint density at radius 1 is 1.25 bits per heavy atom. The van der Waals surface area contributed by atoms with Gasteiger partial charge in [-0.1, -0.05) is 25.5 Å². The van der Waals surface area contributed by atoms with Crippen molar-refractivity contribution in [3.8, 4) is 6.07 Å². The summed E-state index contributed by atoms with van der Waals surface area (Å²) in [6.07, 6.45) is 1.56. The number of sulfonamides is 1. The fourth-order valence-corrected chi connectivity index (χ4v) is 3.36. The third-order valence-corrected chi connectivity index (χ3v) is 4.73. The first-order chi connectivity index (χ1) is 11.4. The molecule has 0 saturated heterocycles. The number of carboxylic acids is 1.